The number of aromatic nitrogens is 1. The number of hydrogen-bond acceptors (Lipinski definition) is 5. The van der Waals surface area contributed by atoms with E-state index in [9.17, 15) is 4.79 Å². The minimum Gasteiger partial charge on any atom is -0.378 e. The molecule has 1 amide bonds. The highest BCUT2D eigenvalue weighted by molar-refractivity contribution is 6.36. The minimum absolute atomic E-state index is 0. The number of hydrogen-bond donors (Lipinski definition) is 1. The van der Waals surface area contributed by atoms with Crippen molar-refractivity contribution in [3.8, 4) is 0 Å². The van der Waals surface area contributed by atoms with E-state index in [1.807, 2.05) is 4.90 Å². The molecule has 1 atom stereocenters. The largest absolute Gasteiger partial charge is 0.378 e. The van der Waals surface area contributed by atoms with Crippen molar-refractivity contribution in [2.24, 2.45) is 0 Å². The van der Waals surface area contributed by atoms with Gasteiger partial charge in [0.25, 0.3) is 0 Å². The molecule has 0 aliphatic carbocycles. The van der Waals surface area contributed by atoms with Gasteiger partial charge < -0.3 is 19.9 Å². The minimum atomic E-state index is 0. The molecule has 6 nitrogen and oxygen atoms in total. The summed E-state index contributed by atoms with van der Waals surface area (Å²) in [5.41, 5.74) is 0. The lowest BCUT2D eigenvalue weighted by Gasteiger charge is -2.36. The third kappa shape index (κ3) is 6.01. The lowest BCUT2D eigenvalue weighted by molar-refractivity contribution is -0.132. The normalized spacial score (nSPS) is 20.5. The van der Waals surface area contributed by atoms with E-state index in [0.29, 0.717) is 49.3 Å². The SMILES string of the molecule is Cl.Cl.O=C(CC1COCCN1)N1CCN(c2ncc(Cl)cc2Cl)CC1. The van der Waals surface area contributed by atoms with E-state index in [-0.39, 0.29) is 36.8 Å². The Balaban J connectivity index is 0.00000156. The molecule has 2 aliphatic heterocycles. The highest BCUT2D eigenvalue weighted by Gasteiger charge is 2.25. The van der Waals surface area contributed by atoms with Crippen molar-refractivity contribution >= 4 is 59.7 Å². The van der Waals surface area contributed by atoms with Gasteiger partial charge in [-0.25, -0.2) is 4.98 Å². The molecule has 1 N–H and O–H groups in total. The fraction of sp³-hybridized carbons (Fsp3) is 0.600. The van der Waals surface area contributed by atoms with Gasteiger partial charge in [0, 0.05) is 51.4 Å². The second kappa shape index (κ2) is 10.6. The van der Waals surface area contributed by atoms with Crippen molar-refractivity contribution in [1.82, 2.24) is 15.2 Å². The Morgan fingerprint density at radius 2 is 2.00 bits per heavy atom. The summed E-state index contributed by atoms with van der Waals surface area (Å²) in [4.78, 5) is 20.7. The molecule has 2 aliphatic rings. The number of nitrogens with one attached hydrogen (secondary N) is 1. The first-order chi connectivity index (χ1) is 11.1. The highest BCUT2D eigenvalue weighted by Crippen LogP contribution is 2.26. The average molecular weight is 432 g/mol. The first-order valence-corrected chi connectivity index (χ1v) is 8.54. The third-order valence-corrected chi connectivity index (χ3v) is 4.62. The molecule has 0 spiro atoms. The second-order valence-electron chi connectivity index (χ2n) is 5.76. The Hall–Kier alpha value is -0.500. The number of nitrogens with zero attached hydrogens (tertiary/aromatic N) is 3. The van der Waals surface area contributed by atoms with Gasteiger partial charge in [0.15, 0.2) is 0 Å². The maximum atomic E-state index is 12.4. The molecule has 3 heterocycles. The predicted molar refractivity (Wildman–Crippen MR) is 105 cm³/mol. The molecule has 0 radical (unpaired) electrons. The molecular formula is C15H22Cl4N4O2. The highest BCUT2D eigenvalue weighted by atomic mass is 35.5. The summed E-state index contributed by atoms with van der Waals surface area (Å²) in [6.07, 6.45) is 2.08. The van der Waals surface area contributed by atoms with Gasteiger partial charge in [-0.1, -0.05) is 23.2 Å². The van der Waals surface area contributed by atoms with Crippen LogP contribution in [0.5, 0.6) is 0 Å². The average Bonchev–Trinajstić information content (AvgIpc) is 2.56. The van der Waals surface area contributed by atoms with Gasteiger partial charge in [-0.05, 0) is 6.07 Å². The molecule has 1 aromatic heterocycles. The maximum Gasteiger partial charge on any atom is 0.224 e. The van der Waals surface area contributed by atoms with Gasteiger partial charge in [-0.2, -0.15) is 0 Å². The van der Waals surface area contributed by atoms with Gasteiger partial charge >= 0.3 is 0 Å². The summed E-state index contributed by atoms with van der Waals surface area (Å²) < 4.78 is 5.39. The van der Waals surface area contributed by atoms with Crippen molar-refractivity contribution < 1.29 is 9.53 Å². The summed E-state index contributed by atoms with van der Waals surface area (Å²) in [5, 5.41) is 4.38. The smallest absolute Gasteiger partial charge is 0.224 e. The fourth-order valence-electron chi connectivity index (χ4n) is 2.90. The summed E-state index contributed by atoms with van der Waals surface area (Å²) >= 11 is 12.1. The van der Waals surface area contributed by atoms with Gasteiger partial charge in [0.05, 0.1) is 23.3 Å². The number of ether oxygens (including phenoxy) is 1. The summed E-state index contributed by atoms with van der Waals surface area (Å²) in [7, 11) is 0. The lowest BCUT2D eigenvalue weighted by Crippen LogP contribution is -2.51. The van der Waals surface area contributed by atoms with E-state index < -0.39 is 0 Å². The van der Waals surface area contributed by atoms with Crippen LogP contribution in [-0.4, -0.2) is 67.8 Å². The van der Waals surface area contributed by atoms with E-state index in [1.54, 1.807) is 12.3 Å². The van der Waals surface area contributed by atoms with Gasteiger partial charge in [-0.3, -0.25) is 4.79 Å². The quantitative estimate of drug-likeness (QED) is 0.795. The molecule has 1 aromatic rings. The summed E-state index contributed by atoms with van der Waals surface area (Å²) in [6, 6.07) is 1.82. The van der Waals surface area contributed by atoms with Crippen LogP contribution in [0.4, 0.5) is 5.82 Å². The molecule has 0 bridgehead atoms. The Labute approximate surface area is 170 Å². The fourth-order valence-corrected chi connectivity index (χ4v) is 3.40. The van der Waals surface area contributed by atoms with Crippen LogP contribution < -0.4 is 10.2 Å². The molecule has 2 fully saturated rings. The number of anilines is 1. The van der Waals surface area contributed by atoms with E-state index in [0.717, 1.165) is 19.0 Å². The molecule has 2 saturated heterocycles. The molecular weight excluding hydrogens is 410 g/mol. The van der Waals surface area contributed by atoms with Crippen LogP contribution in [0.25, 0.3) is 0 Å². The van der Waals surface area contributed by atoms with Gasteiger partial charge in [-0.15, -0.1) is 24.8 Å². The van der Waals surface area contributed by atoms with E-state index in [4.69, 9.17) is 27.9 Å². The number of amides is 1. The number of carbonyl (C=O) groups excluding carboxylic acids is 1. The molecule has 0 aromatic carbocycles. The number of pyridine rings is 1. The van der Waals surface area contributed by atoms with Crippen LogP contribution in [0.3, 0.4) is 0 Å². The Bertz CT molecular complexity index is 564. The monoisotopic (exact) mass is 430 g/mol. The summed E-state index contributed by atoms with van der Waals surface area (Å²) in [5.74, 6) is 0.897. The van der Waals surface area contributed by atoms with Crippen LogP contribution >= 0.6 is 48.0 Å². The molecule has 142 valence electrons. The molecule has 25 heavy (non-hydrogen) atoms. The Morgan fingerprint density at radius 3 is 2.60 bits per heavy atom. The third-order valence-electron chi connectivity index (χ3n) is 4.14. The lowest BCUT2D eigenvalue weighted by atomic mass is 10.1. The zero-order valence-electron chi connectivity index (χ0n) is 13.6. The number of rotatable bonds is 3. The number of halogens is 4. The van der Waals surface area contributed by atoms with Crippen molar-refractivity contribution in [1.29, 1.82) is 0 Å². The number of piperazine rings is 1. The van der Waals surface area contributed by atoms with Gasteiger partial charge in [0.2, 0.25) is 5.91 Å². The van der Waals surface area contributed by atoms with E-state index >= 15 is 0 Å². The van der Waals surface area contributed by atoms with Crippen LogP contribution in [0.2, 0.25) is 10.0 Å². The molecule has 3 rings (SSSR count). The van der Waals surface area contributed by atoms with E-state index in [1.165, 1.54) is 0 Å². The zero-order chi connectivity index (χ0) is 16.2. The zero-order valence-corrected chi connectivity index (χ0v) is 16.8. The maximum absolute atomic E-state index is 12.4. The second-order valence-corrected chi connectivity index (χ2v) is 6.60. The van der Waals surface area contributed by atoms with Crippen LogP contribution in [0, 0.1) is 0 Å². The van der Waals surface area contributed by atoms with Crippen molar-refractivity contribution in [3.63, 3.8) is 0 Å². The molecule has 1 unspecified atom stereocenters. The first-order valence-electron chi connectivity index (χ1n) is 7.78. The van der Waals surface area contributed by atoms with Crippen molar-refractivity contribution in [3.05, 3.63) is 22.3 Å². The topological polar surface area (TPSA) is 57.7 Å². The standard InChI is InChI=1S/C15H20Cl2N4O2.2ClH/c16-11-7-13(17)15(19-9-11)21-4-2-20(3-5-21)14(22)8-12-10-23-6-1-18-12;;/h7,9,12,18H,1-6,8,10H2;2*1H. The van der Waals surface area contributed by atoms with Crippen molar-refractivity contribution in [2.45, 2.75) is 12.5 Å². The van der Waals surface area contributed by atoms with Gasteiger partial charge in [0.1, 0.15) is 5.82 Å². The number of carbonyl (C=O) groups is 1. The molecule has 10 heteroatoms. The van der Waals surface area contributed by atoms with Crippen LogP contribution in [-0.2, 0) is 9.53 Å². The first kappa shape index (κ1) is 22.5. The summed E-state index contributed by atoms with van der Waals surface area (Å²) in [6.45, 7) is 4.92. The Kier molecular flexibility index (Phi) is 9.56. The molecule has 0 saturated carbocycles. The van der Waals surface area contributed by atoms with Crippen LogP contribution in [0.15, 0.2) is 12.3 Å². The predicted octanol–water partition coefficient (Wildman–Crippen LogP) is 2.26. The Morgan fingerprint density at radius 1 is 1.28 bits per heavy atom. The van der Waals surface area contributed by atoms with Crippen LogP contribution in [0.1, 0.15) is 6.42 Å². The van der Waals surface area contributed by atoms with E-state index in [2.05, 4.69) is 15.2 Å². The number of morpholine rings is 1. The van der Waals surface area contributed by atoms with Crippen molar-refractivity contribution in [2.75, 3.05) is 50.8 Å².